The number of rotatable bonds is 4. The van der Waals surface area contributed by atoms with Crippen LogP contribution in [-0.4, -0.2) is 19.6 Å². The Morgan fingerprint density at radius 3 is 2.33 bits per heavy atom. The van der Waals surface area contributed by atoms with Crippen LogP contribution in [0.25, 0.3) is 49.7 Å². The monoisotopic (exact) mass is 640 g/mol. The molecule has 3 aromatic heterocycles. The third-order valence-electron chi connectivity index (χ3n) is 7.47. The molecule has 1 N–H and O–H groups in total. The Labute approximate surface area is 258 Å². The van der Waals surface area contributed by atoms with E-state index in [4.69, 9.17) is 9.72 Å². The normalized spacial score (nSPS) is 11.6. The first-order valence-corrected chi connectivity index (χ1v) is 13.7. The van der Waals surface area contributed by atoms with Crippen molar-refractivity contribution in [3.63, 3.8) is 0 Å². The number of benzene rings is 4. The summed E-state index contributed by atoms with van der Waals surface area (Å²) in [5.41, 5.74) is 5.67. The minimum absolute atomic E-state index is 0. The number of hydrogen-bond donors (Lipinski definition) is 1. The summed E-state index contributed by atoms with van der Waals surface area (Å²) in [5, 5.41) is 13.7. The first-order valence-electron chi connectivity index (χ1n) is 13.7. The second kappa shape index (κ2) is 10.7. The van der Waals surface area contributed by atoms with Gasteiger partial charge in [0.25, 0.3) is 0 Å². The van der Waals surface area contributed by atoms with E-state index in [0.29, 0.717) is 17.1 Å². The number of para-hydroxylation sites is 1. The molecule has 4 aromatic carbocycles. The van der Waals surface area contributed by atoms with Gasteiger partial charge in [0.2, 0.25) is 5.88 Å². The van der Waals surface area contributed by atoms with Gasteiger partial charge in [0.15, 0.2) is 0 Å². The summed E-state index contributed by atoms with van der Waals surface area (Å²) in [6.45, 7) is 6.45. The molecule has 3 heterocycles. The zero-order valence-corrected chi connectivity index (χ0v) is 25.0. The molecule has 0 aliphatic rings. The van der Waals surface area contributed by atoms with Gasteiger partial charge in [0.1, 0.15) is 17.1 Å². The Bertz CT molecular complexity index is 2080. The molecular weight excluding hydrogens is 613 g/mol. The predicted molar refractivity (Wildman–Crippen MR) is 165 cm³/mol. The van der Waals surface area contributed by atoms with Crippen molar-refractivity contribution in [2.75, 3.05) is 0 Å². The molecule has 7 aromatic rings. The molecule has 42 heavy (non-hydrogen) atoms. The Hall–Kier alpha value is -4.50. The van der Waals surface area contributed by atoms with Crippen molar-refractivity contribution in [1.82, 2.24) is 14.5 Å². The van der Waals surface area contributed by atoms with Crippen molar-refractivity contribution in [3.8, 4) is 34.3 Å². The Balaban J connectivity index is 0.00000316. The number of hydrogen-bond acceptors (Lipinski definition) is 4. The standard InChI is InChI=1S/C36H28N3O2.Pd/c1-36(2,3)29-16-17-32(40)35-28(29)15-18-34(38-35)41-25-13-14-27-26-11-7-8-12-30(26)39(31(27)22-25)33-21-24(19-20-37-33)23-9-5-4-6-10-23;/h4-21,40H,1-3H3;/q-1;. The van der Waals surface area contributed by atoms with Crippen LogP contribution in [0.1, 0.15) is 26.3 Å². The molecule has 0 aliphatic carbocycles. The fraction of sp³-hybridized carbons (Fsp3) is 0.111. The summed E-state index contributed by atoms with van der Waals surface area (Å²) in [6.07, 6.45) is 1.84. The molecule has 0 fully saturated rings. The van der Waals surface area contributed by atoms with Crippen molar-refractivity contribution < 1.29 is 30.3 Å². The molecule has 0 unspecified atom stereocenters. The Morgan fingerprint density at radius 1 is 0.762 bits per heavy atom. The van der Waals surface area contributed by atoms with Gasteiger partial charge in [-0.1, -0.05) is 80.9 Å². The molecule has 7 rings (SSSR count). The maximum Gasteiger partial charge on any atom is 0.217 e. The number of ether oxygens (including phenoxy) is 1. The third kappa shape index (κ3) is 4.83. The summed E-state index contributed by atoms with van der Waals surface area (Å²) in [5.74, 6) is 1.84. The number of aromatic nitrogens is 3. The van der Waals surface area contributed by atoms with Crippen LogP contribution in [0.2, 0.25) is 0 Å². The van der Waals surface area contributed by atoms with E-state index in [9.17, 15) is 5.11 Å². The topological polar surface area (TPSA) is 60.2 Å². The quantitative estimate of drug-likeness (QED) is 0.154. The van der Waals surface area contributed by atoms with E-state index in [-0.39, 0.29) is 31.6 Å². The summed E-state index contributed by atoms with van der Waals surface area (Å²) >= 11 is 0. The zero-order valence-electron chi connectivity index (χ0n) is 23.4. The molecule has 0 bridgehead atoms. The molecule has 6 heteroatoms. The van der Waals surface area contributed by atoms with E-state index in [2.05, 4.69) is 72.8 Å². The van der Waals surface area contributed by atoms with Gasteiger partial charge in [-0.05, 0) is 57.8 Å². The molecule has 0 spiro atoms. The minimum Gasteiger partial charge on any atom is -0.506 e. The second-order valence-electron chi connectivity index (χ2n) is 11.2. The molecule has 0 radical (unpaired) electrons. The van der Waals surface area contributed by atoms with Crippen LogP contribution in [0, 0.1) is 6.07 Å². The molecule has 0 saturated heterocycles. The maximum atomic E-state index is 10.6. The van der Waals surface area contributed by atoms with Crippen LogP contribution in [0.15, 0.2) is 109 Å². The van der Waals surface area contributed by atoms with E-state index in [0.717, 1.165) is 49.7 Å². The molecule has 0 saturated carbocycles. The zero-order chi connectivity index (χ0) is 28.1. The first-order chi connectivity index (χ1) is 19.9. The van der Waals surface area contributed by atoms with Gasteiger partial charge < -0.3 is 14.4 Å². The number of phenolic OH excluding ortho intramolecular Hbond substituents is 1. The average Bonchev–Trinajstić information content (AvgIpc) is 3.31. The largest absolute Gasteiger partial charge is 0.506 e. The fourth-order valence-electron chi connectivity index (χ4n) is 5.53. The van der Waals surface area contributed by atoms with Gasteiger partial charge in [0.05, 0.1) is 0 Å². The van der Waals surface area contributed by atoms with Crippen molar-refractivity contribution in [2.45, 2.75) is 26.2 Å². The van der Waals surface area contributed by atoms with Crippen LogP contribution in [-0.2, 0) is 25.8 Å². The number of pyridine rings is 2. The fourth-order valence-corrected chi connectivity index (χ4v) is 5.53. The number of nitrogens with zero attached hydrogens (tertiary/aromatic N) is 3. The van der Waals surface area contributed by atoms with Gasteiger partial charge in [-0.2, -0.15) is 6.07 Å². The van der Waals surface area contributed by atoms with Crippen molar-refractivity contribution >= 4 is 32.7 Å². The van der Waals surface area contributed by atoms with Gasteiger partial charge >= 0.3 is 0 Å². The molecular formula is C36H28N3O2Pd-. The molecule has 5 nitrogen and oxygen atoms in total. The van der Waals surface area contributed by atoms with E-state index >= 15 is 0 Å². The minimum atomic E-state index is -0.0892. The molecule has 210 valence electrons. The Morgan fingerprint density at radius 2 is 1.52 bits per heavy atom. The van der Waals surface area contributed by atoms with Gasteiger partial charge in [-0.25, -0.2) is 9.97 Å². The van der Waals surface area contributed by atoms with Crippen molar-refractivity contribution in [1.29, 1.82) is 0 Å². The summed E-state index contributed by atoms with van der Waals surface area (Å²) < 4.78 is 8.37. The maximum absolute atomic E-state index is 10.6. The number of fused-ring (bicyclic) bond motifs is 4. The van der Waals surface area contributed by atoms with Crippen molar-refractivity contribution in [3.05, 3.63) is 121 Å². The van der Waals surface area contributed by atoms with E-state index in [1.54, 1.807) is 6.07 Å². The predicted octanol–water partition coefficient (Wildman–Crippen LogP) is 8.99. The van der Waals surface area contributed by atoms with Crippen LogP contribution in [0.5, 0.6) is 17.4 Å². The van der Waals surface area contributed by atoms with Gasteiger partial charge in [-0.15, -0.1) is 17.5 Å². The third-order valence-corrected chi connectivity index (χ3v) is 7.47. The van der Waals surface area contributed by atoms with Crippen LogP contribution >= 0.6 is 0 Å². The van der Waals surface area contributed by atoms with Gasteiger partial charge in [-0.3, -0.25) is 0 Å². The summed E-state index contributed by atoms with van der Waals surface area (Å²) in [7, 11) is 0. The molecule has 0 atom stereocenters. The summed E-state index contributed by atoms with van der Waals surface area (Å²) in [4.78, 5) is 9.44. The van der Waals surface area contributed by atoms with Gasteiger partial charge in [0, 0.05) is 49.3 Å². The average molecular weight is 641 g/mol. The molecule has 0 aliphatic heterocycles. The number of phenols is 1. The van der Waals surface area contributed by atoms with E-state index in [1.807, 2.05) is 66.9 Å². The smallest absolute Gasteiger partial charge is 0.217 e. The molecule has 0 amide bonds. The SMILES string of the molecule is CC(C)(C)c1ccc(O)c2nc(Oc3[c-]c4c(cc3)c3ccccc3n4-c3cc(-c4ccccc4)ccn3)ccc12.[Pd]. The van der Waals surface area contributed by atoms with E-state index < -0.39 is 0 Å². The number of aromatic hydroxyl groups is 1. The van der Waals surface area contributed by atoms with Crippen LogP contribution in [0.4, 0.5) is 0 Å². The first kappa shape index (κ1) is 27.7. The van der Waals surface area contributed by atoms with E-state index in [1.165, 1.54) is 0 Å². The summed E-state index contributed by atoms with van der Waals surface area (Å²) in [6, 6.07) is 37.6. The van der Waals surface area contributed by atoms with Crippen LogP contribution < -0.4 is 4.74 Å². The van der Waals surface area contributed by atoms with Crippen LogP contribution in [0.3, 0.4) is 0 Å². The Kier molecular flexibility index (Phi) is 7.06. The van der Waals surface area contributed by atoms with Crippen molar-refractivity contribution in [2.24, 2.45) is 0 Å². The second-order valence-corrected chi connectivity index (χ2v) is 11.2.